The minimum atomic E-state index is -3.49. The lowest BCUT2D eigenvalue weighted by Crippen LogP contribution is -2.15. The first-order valence-corrected chi connectivity index (χ1v) is 6.80. The topological polar surface area (TPSA) is 98.0 Å². The summed E-state index contributed by atoms with van der Waals surface area (Å²) in [4.78, 5) is 7.46. The molecule has 1 aromatic heterocycles. The molecule has 0 amide bonds. The molecule has 0 radical (unpaired) electrons. The van der Waals surface area contributed by atoms with Crippen LogP contribution in [-0.2, 0) is 15.8 Å². The van der Waals surface area contributed by atoms with Crippen molar-refractivity contribution in [2.75, 3.05) is 10.5 Å². The Bertz CT molecular complexity index is 629. The molecular formula is C11H12N4O2S. The van der Waals surface area contributed by atoms with Crippen LogP contribution in [0.3, 0.4) is 0 Å². The summed E-state index contributed by atoms with van der Waals surface area (Å²) in [6.07, 6.45) is 4.11. The molecule has 2 aromatic rings. The number of anilines is 2. The quantitative estimate of drug-likeness (QED) is 0.803. The van der Waals surface area contributed by atoms with Crippen molar-refractivity contribution in [3.63, 3.8) is 0 Å². The van der Waals surface area contributed by atoms with Gasteiger partial charge in [-0.15, -0.1) is 0 Å². The van der Waals surface area contributed by atoms with Crippen LogP contribution >= 0.6 is 0 Å². The van der Waals surface area contributed by atoms with Gasteiger partial charge in [0.15, 0.2) is 0 Å². The molecule has 1 heterocycles. The molecule has 7 heteroatoms. The lowest BCUT2D eigenvalue weighted by molar-refractivity contribution is 0.600. The van der Waals surface area contributed by atoms with E-state index < -0.39 is 10.0 Å². The SMILES string of the molecule is Nc1cccc(CS(=O)(=O)Nc2cncnc2)c1. The summed E-state index contributed by atoms with van der Waals surface area (Å²) < 4.78 is 26.1. The van der Waals surface area contributed by atoms with E-state index in [2.05, 4.69) is 14.7 Å². The predicted molar refractivity (Wildman–Crippen MR) is 69.1 cm³/mol. The molecule has 18 heavy (non-hydrogen) atoms. The molecule has 0 aliphatic heterocycles. The zero-order valence-corrected chi connectivity index (χ0v) is 10.3. The van der Waals surface area contributed by atoms with Crippen molar-refractivity contribution in [2.45, 2.75) is 5.75 Å². The monoisotopic (exact) mass is 264 g/mol. The van der Waals surface area contributed by atoms with Gasteiger partial charge in [-0.3, -0.25) is 4.72 Å². The van der Waals surface area contributed by atoms with Gasteiger partial charge in [-0.05, 0) is 17.7 Å². The number of rotatable bonds is 4. The van der Waals surface area contributed by atoms with Gasteiger partial charge in [0.05, 0.1) is 23.8 Å². The Labute approximate surface area is 105 Å². The second-order valence-corrected chi connectivity index (χ2v) is 5.46. The number of hydrogen-bond acceptors (Lipinski definition) is 5. The Morgan fingerprint density at radius 1 is 1.22 bits per heavy atom. The third kappa shape index (κ3) is 3.42. The summed E-state index contributed by atoms with van der Waals surface area (Å²) in [5.41, 5.74) is 7.09. The van der Waals surface area contributed by atoms with Crippen molar-refractivity contribution in [1.82, 2.24) is 9.97 Å². The second-order valence-electron chi connectivity index (χ2n) is 3.73. The van der Waals surface area contributed by atoms with Gasteiger partial charge in [0.1, 0.15) is 6.33 Å². The first-order valence-electron chi connectivity index (χ1n) is 5.15. The molecule has 94 valence electrons. The Morgan fingerprint density at radius 3 is 2.61 bits per heavy atom. The summed E-state index contributed by atoms with van der Waals surface area (Å²) >= 11 is 0. The number of benzene rings is 1. The Morgan fingerprint density at radius 2 is 1.94 bits per heavy atom. The van der Waals surface area contributed by atoms with Crippen molar-refractivity contribution in [2.24, 2.45) is 0 Å². The molecule has 2 rings (SSSR count). The normalized spacial score (nSPS) is 11.1. The van der Waals surface area contributed by atoms with Crippen molar-refractivity contribution >= 4 is 21.4 Å². The van der Waals surface area contributed by atoms with Gasteiger partial charge in [0.2, 0.25) is 10.0 Å². The van der Waals surface area contributed by atoms with E-state index in [0.717, 1.165) is 0 Å². The molecule has 0 atom stereocenters. The molecule has 0 aliphatic rings. The summed E-state index contributed by atoms with van der Waals surface area (Å²) in [6.45, 7) is 0. The van der Waals surface area contributed by atoms with Crippen LogP contribution < -0.4 is 10.5 Å². The highest BCUT2D eigenvalue weighted by atomic mass is 32.2. The largest absolute Gasteiger partial charge is 0.399 e. The first-order chi connectivity index (χ1) is 8.55. The predicted octanol–water partition coefficient (Wildman–Crippen LogP) is 1.00. The van der Waals surface area contributed by atoms with E-state index in [4.69, 9.17) is 5.73 Å². The summed E-state index contributed by atoms with van der Waals surface area (Å²) in [5, 5.41) is 0. The van der Waals surface area contributed by atoms with Crippen LogP contribution in [0.2, 0.25) is 0 Å². The van der Waals surface area contributed by atoms with Gasteiger partial charge in [0, 0.05) is 5.69 Å². The third-order valence-electron chi connectivity index (χ3n) is 2.14. The standard InChI is InChI=1S/C11H12N4O2S/c12-10-3-1-2-9(4-10)7-18(16,17)15-11-5-13-8-14-6-11/h1-6,8,15H,7,12H2. The number of nitrogens with zero attached hydrogens (tertiary/aromatic N) is 2. The number of sulfonamides is 1. The summed E-state index contributed by atoms with van der Waals surface area (Å²) in [7, 11) is -3.49. The van der Waals surface area contributed by atoms with E-state index in [-0.39, 0.29) is 5.75 Å². The lowest BCUT2D eigenvalue weighted by atomic mass is 10.2. The highest BCUT2D eigenvalue weighted by Crippen LogP contribution is 2.12. The molecule has 0 unspecified atom stereocenters. The highest BCUT2D eigenvalue weighted by molar-refractivity contribution is 7.91. The number of aromatic nitrogens is 2. The fraction of sp³-hybridized carbons (Fsp3) is 0.0909. The summed E-state index contributed by atoms with van der Waals surface area (Å²) in [6, 6.07) is 6.75. The van der Waals surface area contributed by atoms with Crippen molar-refractivity contribution in [3.8, 4) is 0 Å². The van der Waals surface area contributed by atoms with Crippen molar-refractivity contribution < 1.29 is 8.42 Å². The van der Waals surface area contributed by atoms with Crippen LogP contribution in [0.1, 0.15) is 5.56 Å². The van der Waals surface area contributed by atoms with E-state index >= 15 is 0 Å². The van der Waals surface area contributed by atoms with Crippen LogP contribution in [0.15, 0.2) is 43.0 Å². The van der Waals surface area contributed by atoms with Crippen LogP contribution in [0.25, 0.3) is 0 Å². The molecule has 3 N–H and O–H groups in total. The first kappa shape index (κ1) is 12.3. The Hall–Kier alpha value is -2.15. The maximum Gasteiger partial charge on any atom is 0.237 e. The summed E-state index contributed by atoms with van der Waals surface area (Å²) in [5.74, 6) is -0.146. The zero-order chi connectivity index (χ0) is 13.0. The second kappa shape index (κ2) is 5.01. The number of hydrogen-bond donors (Lipinski definition) is 2. The molecule has 1 aromatic carbocycles. The smallest absolute Gasteiger partial charge is 0.237 e. The van der Waals surface area contributed by atoms with Gasteiger partial charge in [-0.2, -0.15) is 0 Å². The molecule has 0 saturated heterocycles. The highest BCUT2D eigenvalue weighted by Gasteiger charge is 2.12. The number of nitrogens with two attached hydrogens (primary N) is 1. The van der Waals surface area contributed by atoms with Crippen LogP contribution in [0.5, 0.6) is 0 Å². The molecule has 0 bridgehead atoms. The molecule has 0 fully saturated rings. The van der Waals surface area contributed by atoms with Crippen LogP contribution in [-0.4, -0.2) is 18.4 Å². The molecule has 6 nitrogen and oxygen atoms in total. The van der Waals surface area contributed by atoms with Gasteiger partial charge in [-0.1, -0.05) is 12.1 Å². The fourth-order valence-corrected chi connectivity index (χ4v) is 2.62. The Balaban J connectivity index is 2.13. The lowest BCUT2D eigenvalue weighted by Gasteiger charge is -2.07. The zero-order valence-electron chi connectivity index (χ0n) is 9.45. The van der Waals surface area contributed by atoms with Crippen LogP contribution in [0.4, 0.5) is 11.4 Å². The van der Waals surface area contributed by atoms with E-state index in [0.29, 0.717) is 16.9 Å². The van der Waals surface area contributed by atoms with E-state index in [1.165, 1.54) is 18.7 Å². The van der Waals surface area contributed by atoms with Gasteiger partial charge in [-0.25, -0.2) is 18.4 Å². The molecule has 0 saturated carbocycles. The van der Waals surface area contributed by atoms with Crippen molar-refractivity contribution in [3.05, 3.63) is 48.5 Å². The number of nitrogen functional groups attached to an aromatic ring is 1. The third-order valence-corrected chi connectivity index (χ3v) is 3.40. The van der Waals surface area contributed by atoms with E-state index in [9.17, 15) is 8.42 Å². The maximum absolute atomic E-state index is 11.9. The van der Waals surface area contributed by atoms with Crippen molar-refractivity contribution in [1.29, 1.82) is 0 Å². The van der Waals surface area contributed by atoms with E-state index in [1.807, 2.05) is 0 Å². The maximum atomic E-state index is 11.9. The van der Waals surface area contributed by atoms with Gasteiger partial charge >= 0.3 is 0 Å². The molecule has 0 spiro atoms. The van der Waals surface area contributed by atoms with E-state index in [1.54, 1.807) is 24.3 Å². The average Bonchev–Trinajstić information content (AvgIpc) is 2.28. The fourth-order valence-electron chi connectivity index (χ4n) is 1.47. The average molecular weight is 264 g/mol. The minimum Gasteiger partial charge on any atom is -0.399 e. The number of nitrogens with one attached hydrogen (secondary N) is 1. The molecule has 0 aliphatic carbocycles. The Kier molecular flexibility index (Phi) is 3.42. The van der Waals surface area contributed by atoms with Gasteiger partial charge in [0.25, 0.3) is 0 Å². The molecular weight excluding hydrogens is 252 g/mol. The van der Waals surface area contributed by atoms with Crippen LogP contribution in [0, 0.1) is 0 Å². The minimum absolute atomic E-state index is 0.146. The van der Waals surface area contributed by atoms with Gasteiger partial charge < -0.3 is 5.73 Å².